The Morgan fingerprint density at radius 2 is 1.88 bits per heavy atom. The van der Waals surface area contributed by atoms with Crippen LogP contribution in [-0.4, -0.2) is 51.5 Å². The Morgan fingerprint density at radius 3 is 2.44 bits per heavy atom. The van der Waals surface area contributed by atoms with Crippen LogP contribution < -0.4 is 10.0 Å². The molecule has 0 unspecified atom stereocenters. The first-order valence-electron chi connectivity index (χ1n) is 10.1. The molecule has 1 saturated heterocycles. The van der Waals surface area contributed by atoms with Gasteiger partial charge in [-0.2, -0.15) is 5.26 Å². The number of hydrogen-bond acceptors (Lipinski definition) is 6. The molecule has 0 spiro atoms. The predicted molar refractivity (Wildman–Crippen MR) is 117 cm³/mol. The Balaban J connectivity index is 1.80. The third-order valence-corrected chi connectivity index (χ3v) is 6.11. The van der Waals surface area contributed by atoms with E-state index in [9.17, 15) is 17.6 Å². The van der Waals surface area contributed by atoms with E-state index in [1.165, 1.54) is 24.3 Å². The Morgan fingerprint density at radius 1 is 1.19 bits per heavy atom. The molecule has 1 aliphatic heterocycles. The molecular formula is C22H25FN4O4S. The van der Waals surface area contributed by atoms with Crippen LogP contribution in [-0.2, 0) is 21.4 Å². The molecule has 3 rings (SSSR count). The number of carbonyl (C=O) groups excluding carboxylic acids is 1. The molecule has 0 bridgehead atoms. The highest BCUT2D eigenvalue weighted by Gasteiger charge is 2.26. The lowest BCUT2D eigenvalue weighted by molar-refractivity contribution is 0.0623. The molecule has 1 heterocycles. The van der Waals surface area contributed by atoms with Crippen molar-refractivity contribution in [1.29, 1.82) is 5.26 Å². The molecular weight excluding hydrogens is 435 g/mol. The number of amides is 1. The average molecular weight is 461 g/mol. The molecule has 0 saturated carbocycles. The van der Waals surface area contributed by atoms with Crippen LogP contribution in [0.15, 0.2) is 41.3 Å². The molecule has 0 radical (unpaired) electrons. The molecule has 8 nitrogen and oxygen atoms in total. The SMILES string of the molecule is CC(C)OCc1ccc(S(N)(=O)=O)cc1C(=O)N1CCN(c2ccc(C#N)cc2F)CC1. The summed E-state index contributed by atoms with van der Waals surface area (Å²) in [6.07, 6.45) is -0.0678. The fraction of sp³-hybridized carbons (Fsp3) is 0.364. The van der Waals surface area contributed by atoms with Gasteiger partial charge in [-0.05, 0) is 49.7 Å². The van der Waals surface area contributed by atoms with Gasteiger partial charge in [0.2, 0.25) is 10.0 Å². The lowest BCUT2D eigenvalue weighted by Crippen LogP contribution is -2.49. The minimum Gasteiger partial charge on any atom is -0.374 e. The average Bonchev–Trinajstić information content (AvgIpc) is 2.76. The molecule has 2 aromatic rings. The molecule has 0 atom stereocenters. The molecule has 2 aromatic carbocycles. The lowest BCUT2D eigenvalue weighted by Gasteiger charge is -2.36. The number of ether oxygens (including phenoxy) is 1. The number of halogens is 1. The zero-order valence-electron chi connectivity index (χ0n) is 17.9. The molecule has 32 heavy (non-hydrogen) atoms. The number of piperazine rings is 1. The van der Waals surface area contributed by atoms with E-state index in [1.54, 1.807) is 17.0 Å². The van der Waals surface area contributed by atoms with Crippen molar-refractivity contribution in [3.8, 4) is 6.07 Å². The molecule has 170 valence electrons. The minimum absolute atomic E-state index is 0.0678. The zero-order chi connectivity index (χ0) is 23.5. The van der Waals surface area contributed by atoms with E-state index >= 15 is 0 Å². The van der Waals surface area contributed by atoms with Crippen LogP contribution in [0.25, 0.3) is 0 Å². The highest BCUT2D eigenvalue weighted by molar-refractivity contribution is 7.89. The molecule has 1 aliphatic rings. The molecule has 1 amide bonds. The van der Waals surface area contributed by atoms with Crippen LogP contribution in [0, 0.1) is 17.1 Å². The summed E-state index contributed by atoms with van der Waals surface area (Å²) in [5, 5.41) is 14.1. The molecule has 0 aromatic heterocycles. The Labute approximate surface area is 187 Å². The van der Waals surface area contributed by atoms with E-state index in [4.69, 9.17) is 15.1 Å². The van der Waals surface area contributed by atoms with E-state index in [-0.39, 0.29) is 34.6 Å². The summed E-state index contributed by atoms with van der Waals surface area (Å²) in [5.41, 5.74) is 1.40. The molecule has 0 aliphatic carbocycles. The van der Waals surface area contributed by atoms with Crippen molar-refractivity contribution in [2.75, 3.05) is 31.1 Å². The van der Waals surface area contributed by atoms with Gasteiger partial charge >= 0.3 is 0 Å². The maximum absolute atomic E-state index is 14.3. The van der Waals surface area contributed by atoms with Crippen molar-refractivity contribution < 1.29 is 22.3 Å². The van der Waals surface area contributed by atoms with E-state index in [0.29, 0.717) is 37.4 Å². The smallest absolute Gasteiger partial charge is 0.254 e. The minimum atomic E-state index is -3.98. The number of nitriles is 1. The normalized spacial score (nSPS) is 14.5. The summed E-state index contributed by atoms with van der Waals surface area (Å²) in [4.78, 5) is 16.5. The van der Waals surface area contributed by atoms with Gasteiger partial charge in [0.05, 0.1) is 34.9 Å². The molecule has 2 N–H and O–H groups in total. The van der Waals surface area contributed by atoms with Crippen LogP contribution in [0.3, 0.4) is 0 Å². The van der Waals surface area contributed by atoms with E-state index in [2.05, 4.69) is 0 Å². The van der Waals surface area contributed by atoms with Crippen LogP contribution in [0.5, 0.6) is 0 Å². The van der Waals surface area contributed by atoms with Crippen molar-refractivity contribution >= 4 is 21.6 Å². The fourth-order valence-corrected chi connectivity index (χ4v) is 4.01. The van der Waals surface area contributed by atoms with Gasteiger partial charge in [0.15, 0.2) is 0 Å². The zero-order valence-corrected chi connectivity index (χ0v) is 18.7. The number of primary sulfonamides is 1. The second-order valence-electron chi connectivity index (χ2n) is 7.78. The number of sulfonamides is 1. The van der Waals surface area contributed by atoms with E-state index < -0.39 is 15.8 Å². The summed E-state index contributed by atoms with van der Waals surface area (Å²) >= 11 is 0. The number of nitrogens with two attached hydrogens (primary N) is 1. The summed E-state index contributed by atoms with van der Waals surface area (Å²) in [6, 6.07) is 10.4. The van der Waals surface area contributed by atoms with Gasteiger partial charge in [0.1, 0.15) is 5.82 Å². The largest absolute Gasteiger partial charge is 0.374 e. The molecule has 1 fully saturated rings. The summed E-state index contributed by atoms with van der Waals surface area (Å²) in [7, 11) is -3.98. The summed E-state index contributed by atoms with van der Waals surface area (Å²) in [5.74, 6) is -0.824. The van der Waals surface area contributed by atoms with E-state index in [0.717, 1.165) is 0 Å². The van der Waals surface area contributed by atoms with Crippen LogP contribution in [0.1, 0.15) is 35.3 Å². The third kappa shape index (κ3) is 5.43. The van der Waals surface area contributed by atoms with Crippen LogP contribution in [0.4, 0.5) is 10.1 Å². The standard InChI is InChI=1S/C22H25FN4O4S/c1-15(2)31-14-17-4-5-18(32(25,29)30)12-19(17)22(28)27-9-7-26(8-10-27)21-6-3-16(13-24)11-20(21)23/h3-6,11-12,15H,7-10,14H2,1-2H3,(H2,25,29,30). The van der Waals surface area contributed by atoms with Crippen molar-refractivity contribution in [2.24, 2.45) is 5.14 Å². The predicted octanol–water partition coefficient (Wildman–Crippen LogP) is 2.23. The quantitative estimate of drug-likeness (QED) is 0.707. The van der Waals surface area contributed by atoms with Gasteiger partial charge in [-0.1, -0.05) is 6.07 Å². The van der Waals surface area contributed by atoms with Gasteiger partial charge < -0.3 is 14.5 Å². The van der Waals surface area contributed by atoms with Crippen molar-refractivity contribution in [3.05, 3.63) is 58.9 Å². The van der Waals surface area contributed by atoms with Gasteiger partial charge in [0.25, 0.3) is 5.91 Å². The Hall–Kier alpha value is -3.00. The first kappa shape index (κ1) is 23.7. The second-order valence-corrected chi connectivity index (χ2v) is 9.34. The Kier molecular flexibility index (Phi) is 7.13. The first-order valence-corrected chi connectivity index (χ1v) is 11.7. The number of benzene rings is 2. The first-order chi connectivity index (χ1) is 15.1. The Bertz CT molecular complexity index is 1150. The van der Waals surface area contributed by atoms with Gasteiger partial charge in [-0.25, -0.2) is 17.9 Å². The van der Waals surface area contributed by atoms with Crippen molar-refractivity contribution in [2.45, 2.75) is 31.5 Å². The number of anilines is 1. The van der Waals surface area contributed by atoms with Crippen LogP contribution >= 0.6 is 0 Å². The van der Waals surface area contributed by atoms with Gasteiger partial charge in [-0.15, -0.1) is 0 Å². The van der Waals surface area contributed by atoms with Crippen LogP contribution in [0.2, 0.25) is 0 Å². The number of rotatable bonds is 6. The van der Waals surface area contributed by atoms with Crippen molar-refractivity contribution in [1.82, 2.24) is 4.90 Å². The lowest BCUT2D eigenvalue weighted by atomic mass is 10.1. The fourth-order valence-electron chi connectivity index (χ4n) is 3.47. The topological polar surface area (TPSA) is 117 Å². The summed E-state index contributed by atoms with van der Waals surface area (Å²) in [6.45, 7) is 5.30. The maximum atomic E-state index is 14.3. The maximum Gasteiger partial charge on any atom is 0.254 e. The second kappa shape index (κ2) is 9.65. The highest BCUT2D eigenvalue weighted by atomic mass is 32.2. The van der Waals surface area contributed by atoms with Gasteiger partial charge in [-0.3, -0.25) is 4.79 Å². The molecule has 10 heteroatoms. The van der Waals surface area contributed by atoms with Gasteiger partial charge in [0, 0.05) is 31.7 Å². The van der Waals surface area contributed by atoms with Crippen molar-refractivity contribution in [3.63, 3.8) is 0 Å². The number of carbonyl (C=O) groups is 1. The monoisotopic (exact) mass is 460 g/mol. The summed E-state index contributed by atoms with van der Waals surface area (Å²) < 4.78 is 43.6. The third-order valence-electron chi connectivity index (χ3n) is 5.20. The number of nitrogens with zero attached hydrogens (tertiary/aromatic N) is 3. The number of hydrogen-bond donors (Lipinski definition) is 1. The van der Waals surface area contributed by atoms with E-state index in [1.807, 2.05) is 24.8 Å². The highest BCUT2D eigenvalue weighted by Crippen LogP contribution is 2.24.